The van der Waals surface area contributed by atoms with Gasteiger partial charge in [0, 0.05) is 18.1 Å². The lowest BCUT2D eigenvalue weighted by atomic mass is 10.1. The number of anilines is 1. The van der Waals surface area contributed by atoms with Gasteiger partial charge in [0.15, 0.2) is 5.82 Å². The molecule has 0 atom stereocenters. The zero-order valence-electron chi connectivity index (χ0n) is 13.7. The summed E-state index contributed by atoms with van der Waals surface area (Å²) in [5.74, 6) is 2.32. The van der Waals surface area contributed by atoms with Gasteiger partial charge in [-0.25, -0.2) is 9.97 Å². The van der Waals surface area contributed by atoms with Crippen LogP contribution < -0.4 is 5.32 Å². The molecule has 126 valence electrons. The van der Waals surface area contributed by atoms with Gasteiger partial charge in [0.1, 0.15) is 23.0 Å². The maximum absolute atomic E-state index is 5.41. The lowest BCUT2D eigenvalue weighted by Gasteiger charge is -2.09. The SMILES string of the molecule is COCc1nc(NCc2ccco2)c2c(-c3ccccc3)csc2n1. The molecule has 25 heavy (non-hydrogen) atoms. The Labute approximate surface area is 149 Å². The number of fused-ring (bicyclic) bond motifs is 1. The average molecular weight is 351 g/mol. The number of rotatable bonds is 6. The molecule has 0 aliphatic heterocycles. The van der Waals surface area contributed by atoms with Crippen molar-refractivity contribution in [2.24, 2.45) is 0 Å². The van der Waals surface area contributed by atoms with Gasteiger partial charge in [-0.15, -0.1) is 11.3 Å². The monoisotopic (exact) mass is 351 g/mol. The predicted molar refractivity (Wildman–Crippen MR) is 99.6 cm³/mol. The highest BCUT2D eigenvalue weighted by molar-refractivity contribution is 7.17. The molecular formula is C19H17N3O2S. The summed E-state index contributed by atoms with van der Waals surface area (Å²) >= 11 is 1.62. The van der Waals surface area contributed by atoms with E-state index in [1.165, 1.54) is 0 Å². The molecule has 0 fully saturated rings. The van der Waals surface area contributed by atoms with Gasteiger partial charge in [-0.05, 0) is 17.7 Å². The third-order valence-electron chi connectivity index (χ3n) is 3.85. The molecule has 0 saturated carbocycles. The van der Waals surface area contributed by atoms with Gasteiger partial charge in [0.25, 0.3) is 0 Å². The maximum atomic E-state index is 5.41. The fourth-order valence-corrected chi connectivity index (χ4v) is 3.69. The second-order valence-electron chi connectivity index (χ2n) is 5.55. The van der Waals surface area contributed by atoms with Crippen LogP contribution in [0.25, 0.3) is 21.3 Å². The number of hydrogen-bond acceptors (Lipinski definition) is 6. The molecule has 0 aliphatic carbocycles. The molecule has 0 amide bonds. The second kappa shape index (κ2) is 7.04. The van der Waals surface area contributed by atoms with Crippen LogP contribution in [0.1, 0.15) is 11.6 Å². The van der Waals surface area contributed by atoms with E-state index in [4.69, 9.17) is 9.15 Å². The molecule has 5 nitrogen and oxygen atoms in total. The summed E-state index contributed by atoms with van der Waals surface area (Å²) in [6.07, 6.45) is 1.67. The first-order valence-electron chi connectivity index (χ1n) is 7.94. The van der Waals surface area contributed by atoms with Gasteiger partial charge in [0.05, 0.1) is 18.2 Å². The first kappa shape index (κ1) is 15.8. The average Bonchev–Trinajstić information content (AvgIpc) is 3.30. The van der Waals surface area contributed by atoms with Gasteiger partial charge in [-0.2, -0.15) is 0 Å². The van der Waals surface area contributed by atoms with Gasteiger partial charge < -0.3 is 14.5 Å². The van der Waals surface area contributed by atoms with Crippen LogP contribution in [0.15, 0.2) is 58.5 Å². The van der Waals surface area contributed by atoms with E-state index in [-0.39, 0.29) is 0 Å². The van der Waals surface area contributed by atoms with Gasteiger partial charge >= 0.3 is 0 Å². The van der Waals surface area contributed by atoms with Crippen molar-refractivity contribution in [3.05, 3.63) is 65.7 Å². The lowest BCUT2D eigenvalue weighted by molar-refractivity contribution is 0.178. The van der Waals surface area contributed by atoms with E-state index >= 15 is 0 Å². The number of nitrogens with zero attached hydrogens (tertiary/aromatic N) is 2. The number of nitrogens with one attached hydrogen (secondary N) is 1. The quantitative estimate of drug-likeness (QED) is 0.545. The molecule has 0 aliphatic rings. The van der Waals surface area contributed by atoms with Crippen LogP contribution in [0, 0.1) is 0 Å². The predicted octanol–water partition coefficient (Wildman–Crippen LogP) is 4.71. The lowest BCUT2D eigenvalue weighted by Crippen LogP contribution is -2.05. The zero-order valence-corrected chi connectivity index (χ0v) is 14.5. The summed E-state index contributed by atoms with van der Waals surface area (Å²) < 4.78 is 10.6. The van der Waals surface area contributed by atoms with E-state index in [0.29, 0.717) is 19.0 Å². The van der Waals surface area contributed by atoms with Crippen molar-refractivity contribution in [2.75, 3.05) is 12.4 Å². The number of thiophene rings is 1. The number of ether oxygens (including phenoxy) is 1. The van der Waals surface area contributed by atoms with Crippen molar-refractivity contribution in [1.82, 2.24) is 9.97 Å². The first-order chi connectivity index (χ1) is 12.3. The molecular weight excluding hydrogens is 334 g/mol. The highest BCUT2D eigenvalue weighted by Gasteiger charge is 2.15. The van der Waals surface area contributed by atoms with E-state index in [1.807, 2.05) is 30.3 Å². The maximum Gasteiger partial charge on any atom is 0.158 e. The molecule has 6 heteroatoms. The molecule has 0 radical (unpaired) electrons. The molecule has 0 unspecified atom stereocenters. The standard InChI is InChI=1S/C19H17N3O2S/c1-23-11-16-21-18(20-10-14-8-5-9-24-14)17-15(12-25-19(17)22-16)13-6-3-2-4-7-13/h2-9,12H,10-11H2,1H3,(H,20,21,22). The van der Waals surface area contributed by atoms with Crippen LogP contribution in [-0.2, 0) is 17.9 Å². The van der Waals surface area contributed by atoms with E-state index in [1.54, 1.807) is 24.7 Å². The molecule has 1 aromatic carbocycles. The van der Waals surface area contributed by atoms with E-state index in [2.05, 4.69) is 32.8 Å². The summed E-state index contributed by atoms with van der Waals surface area (Å²) in [4.78, 5) is 10.2. The smallest absolute Gasteiger partial charge is 0.158 e. The summed E-state index contributed by atoms with van der Waals surface area (Å²) in [5.41, 5.74) is 2.28. The third-order valence-corrected chi connectivity index (χ3v) is 4.72. The molecule has 4 rings (SSSR count). The minimum absolute atomic E-state index is 0.379. The van der Waals surface area contributed by atoms with Crippen molar-refractivity contribution >= 4 is 27.4 Å². The minimum atomic E-state index is 0.379. The number of aromatic nitrogens is 2. The number of methoxy groups -OCH3 is 1. The van der Waals surface area contributed by atoms with E-state index < -0.39 is 0 Å². The van der Waals surface area contributed by atoms with Crippen LogP contribution in [0.3, 0.4) is 0 Å². The Morgan fingerprint density at radius 2 is 2.00 bits per heavy atom. The molecule has 0 saturated heterocycles. The fraction of sp³-hybridized carbons (Fsp3) is 0.158. The fourth-order valence-electron chi connectivity index (χ4n) is 2.72. The molecule has 1 N–H and O–H groups in total. The van der Waals surface area contributed by atoms with Gasteiger partial charge in [0.2, 0.25) is 0 Å². The molecule has 0 spiro atoms. The Hall–Kier alpha value is -2.70. The minimum Gasteiger partial charge on any atom is -0.467 e. The van der Waals surface area contributed by atoms with Crippen molar-refractivity contribution in [1.29, 1.82) is 0 Å². The van der Waals surface area contributed by atoms with Crippen LogP contribution in [0.4, 0.5) is 5.82 Å². The summed E-state index contributed by atoms with van der Waals surface area (Å²) in [5, 5.41) is 6.55. The number of hydrogen-bond donors (Lipinski definition) is 1. The molecule has 4 aromatic rings. The second-order valence-corrected chi connectivity index (χ2v) is 6.41. The van der Waals surface area contributed by atoms with E-state index in [0.717, 1.165) is 32.9 Å². The van der Waals surface area contributed by atoms with Crippen molar-refractivity contribution in [2.45, 2.75) is 13.2 Å². The van der Waals surface area contributed by atoms with Crippen molar-refractivity contribution in [3.63, 3.8) is 0 Å². The Morgan fingerprint density at radius 1 is 1.12 bits per heavy atom. The van der Waals surface area contributed by atoms with Crippen LogP contribution in [0.2, 0.25) is 0 Å². The topological polar surface area (TPSA) is 60.2 Å². The summed E-state index contributed by atoms with van der Waals surface area (Å²) in [7, 11) is 1.65. The van der Waals surface area contributed by atoms with Gasteiger partial charge in [-0.3, -0.25) is 0 Å². The molecule has 3 aromatic heterocycles. The number of benzene rings is 1. The Morgan fingerprint density at radius 3 is 2.76 bits per heavy atom. The third kappa shape index (κ3) is 3.26. The van der Waals surface area contributed by atoms with Crippen LogP contribution in [0.5, 0.6) is 0 Å². The first-order valence-corrected chi connectivity index (χ1v) is 8.82. The highest BCUT2D eigenvalue weighted by atomic mass is 32.1. The van der Waals surface area contributed by atoms with E-state index in [9.17, 15) is 0 Å². The Bertz CT molecular complexity index is 965. The highest BCUT2D eigenvalue weighted by Crippen LogP contribution is 2.37. The van der Waals surface area contributed by atoms with Crippen molar-refractivity contribution < 1.29 is 9.15 Å². The van der Waals surface area contributed by atoms with Crippen LogP contribution >= 0.6 is 11.3 Å². The Balaban J connectivity index is 1.80. The summed E-state index contributed by atoms with van der Waals surface area (Å²) in [6, 6.07) is 14.1. The molecule has 0 bridgehead atoms. The van der Waals surface area contributed by atoms with Crippen LogP contribution in [-0.4, -0.2) is 17.1 Å². The number of furan rings is 1. The van der Waals surface area contributed by atoms with Gasteiger partial charge in [-0.1, -0.05) is 30.3 Å². The largest absolute Gasteiger partial charge is 0.467 e. The van der Waals surface area contributed by atoms with Crippen molar-refractivity contribution in [3.8, 4) is 11.1 Å². The Kier molecular flexibility index (Phi) is 4.45. The summed E-state index contributed by atoms with van der Waals surface area (Å²) in [6.45, 7) is 0.944. The normalized spacial score (nSPS) is 11.1. The molecule has 3 heterocycles. The zero-order chi connectivity index (χ0) is 17.1.